The second kappa shape index (κ2) is 4.30. The Kier molecular flexibility index (Phi) is 4.05. The zero-order valence-corrected chi connectivity index (χ0v) is 9.12. The molecule has 0 aliphatic rings. The molecule has 0 saturated carbocycles. The standard InChI is InChI=1S/C7H5N2.CH3.W/c1-2-5-9-6-4-8-7(9)3-1;;/h1-3,5-6H;1H3;/q2*-1;+2. The maximum absolute atomic E-state index is 3.96. The van der Waals surface area contributed by atoms with Crippen LogP contribution in [0.1, 0.15) is 0 Å². The van der Waals surface area contributed by atoms with E-state index in [-0.39, 0.29) is 28.5 Å². The molecule has 0 bridgehead atoms. The van der Waals surface area contributed by atoms with Crippen LogP contribution in [0, 0.1) is 13.6 Å². The van der Waals surface area contributed by atoms with Crippen LogP contribution in [-0.4, -0.2) is 9.38 Å². The smallest absolute Gasteiger partial charge is 0.436 e. The summed E-state index contributed by atoms with van der Waals surface area (Å²) in [6.07, 6.45) is 6.49. The van der Waals surface area contributed by atoms with Crippen molar-refractivity contribution in [3.05, 3.63) is 44.2 Å². The van der Waals surface area contributed by atoms with Crippen molar-refractivity contribution < 1.29 is 21.1 Å². The van der Waals surface area contributed by atoms with E-state index in [0.29, 0.717) is 0 Å². The molecule has 11 heavy (non-hydrogen) atoms. The van der Waals surface area contributed by atoms with E-state index < -0.39 is 0 Å². The molecule has 0 atom stereocenters. The monoisotopic (exact) mass is 316 g/mol. The zero-order chi connectivity index (χ0) is 6.10. The Labute approximate surface area is 80.5 Å². The van der Waals surface area contributed by atoms with Crippen molar-refractivity contribution in [3.8, 4) is 0 Å². The van der Waals surface area contributed by atoms with Crippen LogP contribution < -0.4 is 0 Å². The first kappa shape index (κ1) is 10.4. The molecule has 0 aromatic carbocycles. The molecule has 0 unspecified atom stereocenters. The van der Waals surface area contributed by atoms with Gasteiger partial charge >= 0.3 is 21.1 Å². The van der Waals surface area contributed by atoms with Gasteiger partial charge in [-0.3, -0.25) is 0 Å². The van der Waals surface area contributed by atoms with Gasteiger partial charge in [0.2, 0.25) is 0 Å². The number of fused-ring (bicyclic) bond motifs is 1. The van der Waals surface area contributed by atoms with Gasteiger partial charge in [-0.2, -0.15) is 0 Å². The van der Waals surface area contributed by atoms with Crippen molar-refractivity contribution >= 4 is 5.65 Å². The van der Waals surface area contributed by atoms with Gasteiger partial charge in [0.15, 0.2) is 0 Å². The van der Waals surface area contributed by atoms with Crippen LogP contribution in [0.3, 0.4) is 0 Å². The van der Waals surface area contributed by atoms with Crippen LogP contribution in [0.5, 0.6) is 0 Å². The van der Waals surface area contributed by atoms with E-state index >= 15 is 0 Å². The Balaban J connectivity index is 0.000000500. The number of aromatic nitrogens is 2. The van der Waals surface area contributed by atoms with E-state index in [0.717, 1.165) is 5.65 Å². The van der Waals surface area contributed by atoms with Gasteiger partial charge in [0, 0.05) is 0 Å². The average molecular weight is 316 g/mol. The van der Waals surface area contributed by atoms with E-state index in [1.165, 1.54) is 0 Å². The number of hydrogen-bond donors (Lipinski definition) is 0. The van der Waals surface area contributed by atoms with Crippen molar-refractivity contribution in [1.82, 2.24) is 9.38 Å². The van der Waals surface area contributed by atoms with Gasteiger partial charge in [0.1, 0.15) is 0 Å². The second-order valence-electron chi connectivity index (χ2n) is 1.84. The van der Waals surface area contributed by atoms with E-state index in [4.69, 9.17) is 0 Å². The number of nitrogens with zero attached hydrogens (tertiary/aromatic N) is 2. The van der Waals surface area contributed by atoms with Crippen LogP contribution in [-0.2, 0) is 21.1 Å². The fourth-order valence-corrected chi connectivity index (χ4v) is 0.808. The zero-order valence-electron chi connectivity index (χ0n) is 6.19. The first-order valence-corrected chi connectivity index (χ1v) is 2.76. The van der Waals surface area contributed by atoms with Crippen LogP contribution in [0.15, 0.2) is 30.6 Å². The Morgan fingerprint density at radius 3 is 2.91 bits per heavy atom. The summed E-state index contributed by atoms with van der Waals surface area (Å²) in [7, 11) is 0. The SMILES string of the molecule is [CH3-].[W+2].[c-]1cn2ccccc2n1. The fraction of sp³-hybridized carbons (Fsp3) is 0. The van der Waals surface area contributed by atoms with Crippen molar-refractivity contribution in [1.29, 1.82) is 0 Å². The summed E-state index contributed by atoms with van der Waals surface area (Å²) in [4.78, 5) is 3.96. The third kappa shape index (κ3) is 1.90. The maximum atomic E-state index is 3.96. The quantitative estimate of drug-likeness (QED) is 0.675. The molecule has 0 fully saturated rings. The molecule has 0 saturated heterocycles. The average Bonchev–Trinajstić information content (AvgIpc) is 2.33. The first-order valence-electron chi connectivity index (χ1n) is 2.76. The van der Waals surface area contributed by atoms with Crippen molar-refractivity contribution in [3.63, 3.8) is 0 Å². The third-order valence-electron chi connectivity index (χ3n) is 1.24. The van der Waals surface area contributed by atoms with Gasteiger partial charge < -0.3 is 16.8 Å². The molecule has 2 aromatic rings. The van der Waals surface area contributed by atoms with Crippen LogP contribution in [0.2, 0.25) is 0 Å². The Morgan fingerprint density at radius 2 is 2.18 bits per heavy atom. The minimum absolute atomic E-state index is 0. The summed E-state index contributed by atoms with van der Waals surface area (Å²) in [5.41, 5.74) is 0.942. The van der Waals surface area contributed by atoms with Gasteiger partial charge in [-0.05, 0) is 17.9 Å². The molecule has 2 rings (SSSR count). The van der Waals surface area contributed by atoms with Crippen LogP contribution in [0.25, 0.3) is 5.65 Å². The van der Waals surface area contributed by atoms with E-state index in [2.05, 4.69) is 11.2 Å². The van der Waals surface area contributed by atoms with E-state index in [1.807, 2.05) is 28.8 Å². The molecule has 0 aliphatic heterocycles. The van der Waals surface area contributed by atoms with Gasteiger partial charge in [-0.25, -0.2) is 0 Å². The molecule has 56 valence electrons. The summed E-state index contributed by atoms with van der Waals surface area (Å²) in [5, 5.41) is 0. The maximum Gasteiger partial charge on any atom is 2.00 e. The number of imidazole rings is 1. The van der Waals surface area contributed by atoms with Gasteiger partial charge in [0.25, 0.3) is 0 Å². The van der Waals surface area contributed by atoms with E-state index in [1.54, 1.807) is 6.20 Å². The van der Waals surface area contributed by atoms with E-state index in [9.17, 15) is 0 Å². The predicted molar refractivity (Wildman–Crippen MR) is 40.4 cm³/mol. The van der Waals surface area contributed by atoms with Crippen LogP contribution >= 0.6 is 0 Å². The topological polar surface area (TPSA) is 17.3 Å². The summed E-state index contributed by atoms with van der Waals surface area (Å²) >= 11 is 0. The van der Waals surface area contributed by atoms with Gasteiger partial charge in [-0.15, -0.1) is 12.3 Å². The normalized spacial score (nSPS) is 8.36. The molecular formula is C8H8N2W. The van der Waals surface area contributed by atoms with Crippen molar-refractivity contribution in [2.75, 3.05) is 0 Å². The summed E-state index contributed by atoms with van der Waals surface area (Å²) in [6, 6.07) is 5.86. The predicted octanol–water partition coefficient (Wildman–Crippen LogP) is 1.58. The molecule has 0 radical (unpaired) electrons. The third-order valence-corrected chi connectivity index (χ3v) is 1.24. The fourth-order valence-electron chi connectivity index (χ4n) is 0.808. The number of hydrogen-bond acceptors (Lipinski definition) is 1. The molecule has 2 nitrogen and oxygen atoms in total. The Hall–Kier alpha value is -0.622. The largest absolute Gasteiger partial charge is 2.00 e. The number of rotatable bonds is 0. The Bertz CT molecular complexity index is 286. The molecule has 2 aromatic heterocycles. The Morgan fingerprint density at radius 1 is 1.36 bits per heavy atom. The van der Waals surface area contributed by atoms with Gasteiger partial charge in [0.05, 0.1) is 0 Å². The summed E-state index contributed by atoms with van der Waals surface area (Å²) < 4.78 is 1.92. The first-order chi connectivity index (χ1) is 4.47. The van der Waals surface area contributed by atoms with Crippen LogP contribution in [0.4, 0.5) is 0 Å². The van der Waals surface area contributed by atoms with Gasteiger partial charge in [-0.1, -0.05) is 12.3 Å². The molecule has 0 N–H and O–H groups in total. The summed E-state index contributed by atoms with van der Waals surface area (Å²) in [5.74, 6) is 0. The molecule has 2 heterocycles. The minimum Gasteiger partial charge on any atom is -0.436 e. The number of pyridine rings is 1. The van der Waals surface area contributed by atoms with Crippen molar-refractivity contribution in [2.45, 2.75) is 0 Å². The molecule has 3 heteroatoms. The molecule has 0 amide bonds. The minimum atomic E-state index is 0. The molecule has 0 aliphatic carbocycles. The van der Waals surface area contributed by atoms with Crippen molar-refractivity contribution in [2.24, 2.45) is 0 Å². The second-order valence-corrected chi connectivity index (χ2v) is 1.84. The molecule has 0 spiro atoms. The summed E-state index contributed by atoms with van der Waals surface area (Å²) in [6.45, 7) is 0. The molecular weight excluding hydrogens is 308 g/mol.